The summed E-state index contributed by atoms with van der Waals surface area (Å²) in [7, 11) is 0. The zero-order chi connectivity index (χ0) is 26.2. The maximum Gasteiger partial charge on any atom is 0.283 e. The number of hydrogen-bond acceptors (Lipinski definition) is 6. The molecule has 1 amide bonds. The molecule has 2 aromatic heterocycles. The highest BCUT2D eigenvalue weighted by Crippen LogP contribution is 2.32. The predicted octanol–water partition coefficient (Wildman–Crippen LogP) is 5.40. The van der Waals surface area contributed by atoms with E-state index in [9.17, 15) is 4.79 Å². The van der Waals surface area contributed by atoms with Crippen molar-refractivity contribution in [3.05, 3.63) is 101 Å². The third kappa shape index (κ3) is 4.41. The van der Waals surface area contributed by atoms with E-state index in [2.05, 4.69) is 32.6 Å². The maximum atomic E-state index is 13.0. The van der Waals surface area contributed by atoms with Gasteiger partial charge in [-0.05, 0) is 61.5 Å². The summed E-state index contributed by atoms with van der Waals surface area (Å²) in [6.45, 7) is 5.24. The number of nitrogens with zero attached hydrogens (tertiary/aromatic N) is 5. The minimum absolute atomic E-state index is 0.00130. The summed E-state index contributed by atoms with van der Waals surface area (Å²) >= 11 is 1.26. The molecule has 6 rings (SSSR count). The first-order chi connectivity index (χ1) is 18.5. The Bertz CT molecular complexity index is 1690. The lowest BCUT2D eigenvalue weighted by Gasteiger charge is -2.20. The Morgan fingerprint density at radius 1 is 1.11 bits per heavy atom. The summed E-state index contributed by atoms with van der Waals surface area (Å²) in [4.78, 5) is 21.4. The highest BCUT2D eigenvalue weighted by atomic mass is 32.2. The van der Waals surface area contributed by atoms with Crippen molar-refractivity contribution < 1.29 is 9.53 Å². The number of amidine groups is 2. The quantitative estimate of drug-likeness (QED) is 0.344. The van der Waals surface area contributed by atoms with Crippen molar-refractivity contribution in [2.75, 3.05) is 6.61 Å². The molecule has 2 aliphatic heterocycles. The average molecular weight is 521 g/mol. The molecule has 0 aliphatic carbocycles. The van der Waals surface area contributed by atoms with Crippen molar-refractivity contribution in [1.29, 1.82) is 5.41 Å². The third-order valence-electron chi connectivity index (χ3n) is 6.40. The standard InChI is InChI=1S/C29H24N6O2S/c1-18-9-10-25(19(2)14-18)37-13-12-34-17-21(22-7-3-4-8-24(22)34)15-23-26(30)35-29(32-27(23)36)38-28(33-35)20-6-5-11-31-16-20/h3-11,14-17,30H,12-13H2,1-2H3. The molecular weight excluding hydrogens is 496 g/mol. The molecule has 0 radical (unpaired) electrons. The lowest BCUT2D eigenvalue weighted by Crippen LogP contribution is -2.35. The fourth-order valence-electron chi connectivity index (χ4n) is 4.54. The molecule has 4 aromatic rings. The number of carbonyl (C=O) groups is 1. The Kier molecular flexibility index (Phi) is 6.13. The third-order valence-corrected chi connectivity index (χ3v) is 7.36. The monoisotopic (exact) mass is 520 g/mol. The second-order valence-corrected chi connectivity index (χ2v) is 10.0. The number of fused-ring (bicyclic) bond motifs is 2. The fourth-order valence-corrected chi connectivity index (χ4v) is 5.43. The number of aromatic nitrogens is 2. The van der Waals surface area contributed by atoms with E-state index in [1.165, 1.54) is 22.3 Å². The van der Waals surface area contributed by atoms with Crippen LogP contribution in [0.25, 0.3) is 17.0 Å². The number of pyridine rings is 1. The van der Waals surface area contributed by atoms with E-state index in [1.54, 1.807) is 18.5 Å². The van der Waals surface area contributed by atoms with E-state index >= 15 is 0 Å². The summed E-state index contributed by atoms with van der Waals surface area (Å²) in [6.07, 6.45) is 7.11. The number of hydrazone groups is 1. The van der Waals surface area contributed by atoms with E-state index in [1.807, 2.05) is 61.7 Å². The summed E-state index contributed by atoms with van der Waals surface area (Å²) in [5.41, 5.74) is 5.18. The molecule has 2 aliphatic rings. The van der Waals surface area contributed by atoms with Gasteiger partial charge in [-0.25, -0.2) is 0 Å². The number of benzene rings is 2. The topological polar surface area (TPSA) is 95.9 Å². The second-order valence-electron chi connectivity index (χ2n) is 9.08. The van der Waals surface area contributed by atoms with Crippen molar-refractivity contribution in [3.63, 3.8) is 0 Å². The van der Waals surface area contributed by atoms with Gasteiger partial charge in [-0.2, -0.15) is 15.1 Å². The SMILES string of the molecule is Cc1ccc(OCCn2cc(C=C3C(=N)N4N=C(c5cccnc5)SC4=NC3=O)c3ccccc32)c(C)c1. The van der Waals surface area contributed by atoms with E-state index < -0.39 is 5.91 Å². The van der Waals surface area contributed by atoms with Gasteiger partial charge in [0.05, 0.1) is 12.1 Å². The smallest absolute Gasteiger partial charge is 0.283 e. The van der Waals surface area contributed by atoms with Crippen molar-refractivity contribution in [2.45, 2.75) is 20.4 Å². The normalized spacial score (nSPS) is 16.2. The van der Waals surface area contributed by atoms with Crippen molar-refractivity contribution in [2.24, 2.45) is 10.1 Å². The molecule has 9 heteroatoms. The van der Waals surface area contributed by atoms with Crippen LogP contribution in [0.4, 0.5) is 0 Å². The van der Waals surface area contributed by atoms with Crippen LogP contribution in [0.1, 0.15) is 22.3 Å². The van der Waals surface area contributed by atoms with Crippen LogP contribution < -0.4 is 4.74 Å². The molecule has 188 valence electrons. The molecule has 0 saturated heterocycles. The molecule has 0 bridgehead atoms. The van der Waals surface area contributed by atoms with Crippen LogP contribution in [0.2, 0.25) is 0 Å². The number of para-hydroxylation sites is 1. The van der Waals surface area contributed by atoms with Gasteiger partial charge in [0.15, 0.2) is 5.84 Å². The summed E-state index contributed by atoms with van der Waals surface area (Å²) in [6, 6.07) is 17.9. The molecule has 38 heavy (non-hydrogen) atoms. The van der Waals surface area contributed by atoms with Gasteiger partial charge in [-0.1, -0.05) is 35.9 Å². The molecule has 8 nitrogen and oxygen atoms in total. The van der Waals surface area contributed by atoms with Gasteiger partial charge >= 0.3 is 0 Å². The Hall–Kier alpha value is -4.50. The summed E-state index contributed by atoms with van der Waals surface area (Å²) in [5.74, 6) is 0.423. The molecule has 0 spiro atoms. The van der Waals surface area contributed by atoms with Gasteiger partial charge in [0.1, 0.15) is 17.4 Å². The van der Waals surface area contributed by atoms with Gasteiger partial charge < -0.3 is 9.30 Å². The number of aliphatic imine (C=N–C) groups is 1. The van der Waals surface area contributed by atoms with Gasteiger partial charge in [0, 0.05) is 40.6 Å². The van der Waals surface area contributed by atoms with Crippen LogP contribution in [0, 0.1) is 19.3 Å². The average Bonchev–Trinajstić information content (AvgIpc) is 3.50. The highest BCUT2D eigenvalue weighted by Gasteiger charge is 2.36. The highest BCUT2D eigenvalue weighted by molar-refractivity contribution is 8.27. The van der Waals surface area contributed by atoms with E-state index in [4.69, 9.17) is 10.1 Å². The minimum atomic E-state index is -0.452. The first-order valence-corrected chi connectivity index (χ1v) is 13.0. The zero-order valence-corrected chi connectivity index (χ0v) is 21.7. The van der Waals surface area contributed by atoms with Gasteiger partial charge in [0.2, 0.25) is 5.17 Å². The molecule has 0 unspecified atom stereocenters. The molecule has 4 heterocycles. The number of rotatable bonds is 6. The van der Waals surface area contributed by atoms with Crippen LogP contribution >= 0.6 is 11.8 Å². The van der Waals surface area contributed by atoms with Gasteiger partial charge in [0.25, 0.3) is 5.91 Å². The summed E-state index contributed by atoms with van der Waals surface area (Å²) in [5, 5.41) is 16.7. The Balaban J connectivity index is 1.28. The largest absolute Gasteiger partial charge is 0.491 e. The Morgan fingerprint density at radius 3 is 2.79 bits per heavy atom. The van der Waals surface area contributed by atoms with Crippen LogP contribution in [-0.4, -0.2) is 43.1 Å². The van der Waals surface area contributed by atoms with Crippen molar-refractivity contribution in [1.82, 2.24) is 14.6 Å². The molecular formula is C29H24N6O2S. The number of thioether (sulfide) groups is 1. The van der Waals surface area contributed by atoms with E-state index in [-0.39, 0.29) is 11.4 Å². The van der Waals surface area contributed by atoms with Crippen molar-refractivity contribution in [3.8, 4) is 5.75 Å². The molecule has 0 fully saturated rings. The number of carbonyl (C=O) groups excluding carboxylic acids is 1. The molecule has 0 atom stereocenters. The van der Waals surface area contributed by atoms with E-state index in [0.29, 0.717) is 23.4 Å². The minimum Gasteiger partial charge on any atom is -0.491 e. The summed E-state index contributed by atoms with van der Waals surface area (Å²) < 4.78 is 8.17. The number of amides is 1. The van der Waals surface area contributed by atoms with Crippen LogP contribution in [-0.2, 0) is 11.3 Å². The van der Waals surface area contributed by atoms with Gasteiger partial charge in [-0.15, -0.1) is 0 Å². The predicted molar refractivity (Wildman–Crippen MR) is 152 cm³/mol. The van der Waals surface area contributed by atoms with Crippen LogP contribution in [0.15, 0.2) is 88.9 Å². The van der Waals surface area contributed by atoms with Gasteiger partial charge in [-0.3, -0.25) is 15.2 Å². The number of aryl methyl sites for hydroxylation is 2. The van der Waals surface area contributed by atoms with Crippen LogP contribution in [0.5, 0.6) is 5.75 Å². The zero-order valence-electron chi connectivity index (χ0n) is 20.9. The molecule has 2 aromatic carbocycles. The maximum absolute atomic E-state index is 13.0. The Labute approximate surface area is 223 Å². The second kappa shape index (κ2) is 9.75. The Morgan fingerprint density at radius 2 is 1.97 bits per heavy atom. The molecule has 0 saturated carbocycles. The lowest BCUT2D eigenvalue weighted by atomic mass is 10.1. The number of hydrogen-bond donors (Lipinski definition) is 1. The van der Waals surface area contributed by atoms with Crippen molar-refractivity contribution >= 4 is 50.7 Å². The first-order valence-electron chi connectivity index (χ1n) is 12.2. The first kappa shape index (κ1) is 23.9. The lowest BCUT2D eigenvalue weighted by molar-refractivity contribution is -0.114. The fraction of sp³-hybridized carbons (Fsp3) is 0.138. The number of ether oxygens (including phenoxy) is 1. The number of nitrogens with one attached hydrogen (secondary N) is 1. The molecule has 1 N–H and O–H groups in total. The van der Waals surface area contributed by atoms with Crippen LogP contribution in [0.3, 0.4) is 0 Å². The van der Waals surface area contributed by atoms with E-state index in [0.717, 1.165) is 33.3 Å².